The van der Waals surface area contributed by atoms with Gasteiger partial charge in [-0.25, -0.2) is 0 Å². The van der Waals surface area contributed by atoms with Crippen molar-refractivity contribution in [3.05, 3.63) is 49.6 Å². The summed E-state index contributed by atoms with van der Waals surface area (Å²) in [6, 6.07) is 6.75. The third-order valence-electron chi connectivity index (χ3n) is 9.31. The van der Waals surface area contributed by atoms with E-state index in [9.17, 15) is 19.5 Å². The highest BCUT2D eigenvalue weighted by Crippen LogP contribution is 2.68. The molecular weight excluding hydrogens is 618 g/mol. The zero-order valence-corrected chi connectivity index (χ0v) is 26.7. The lowest BCUT2D eigenvalue weighted by atomic mass is 9.70. The van der Waals surface area contributed by atoms with Crippen molar-refractivity contribution in [1.82, 2.24) is 9.80 Å². The van der Waals surface area contributed by atoms with Gasteiger partial charge in [-0.1, -0.05) is 47.3 Å². The van der Waals surface area contributed by atoms with E-state index in [1.807, 2.05) is 36.1 Å². The van der Waals surface area contributed by atoms with Gasteiger partial charge in [-0.05, 0) is 50.5 Å². The van der Waals surface area contributed by atoms with E-state index < -0.39 is 22.6 Å². The van der Waals surface area contributed by atoms with Crippen LogP contribution in [0.3, 0.4) is 0 Å². The number of rotatable bonds is 12. The standard InChI is InChI=1S/C32H42BrN3O5S/c1-4-16-34(22-12-14-23(15-13-22)41-6-3)29(38)25-26-30(39)36(18-19-37)28(32(26)20-24(33)27(25)42-32)31(40)35(17-5-2)21-10-8-7-9-11-21/h4-5,12-15,21,24-28,37H,1-2,6-11,16-20H2,3H3/t24?,25-,26+,27-,28?,32?/m1/s1. The van der Waals surface area contributed by atoms with Gasteiger partial charge in [-0.15, -0.1) is 24.9 Å². The van der Waals surface area contributed by atoms with E-state index in [0.29, 0.717) is 31.8 Å². The average Bonchev–Trinajstić information content (AvgIpc) is 3.58. The first-order valence-corrected chi connectivity index (χ1v) is 16.9. The molecule has 0 radical (unpaired) electrons. The number of amides is 3. The Kier molecular flexibility index (Phi) is 9.74. The zero-order valence-electron chi connectivity index (χ0n) is 24.3. The average molecular weight is 661 g/mol. The molecule has 3 heterocycles. The number of hydrogen-bond donors (Lipinski definition) is 1. The number of hydrogen-bond acceptors (Lipinski definition) is 6. The Balaban J connectivity index is 1.51. The second-order valence-electron chi connectivity index (χ2n) is 11.7. The van der Waals surface area contributed by atoms with E-state index >= 15 is 0 Å². The van der Waals surface area contributed by atoms with E-state index in [0.717, 1.165) is 31.4 Å². The minimum atomic E-state index is -0.755. The normalized spacial score (nSPS) is 30.2. The highest BCUT2D eigenvalue weighted by Gasteiger charge is 2.76. The number of alkyl halides is 1. The molecule has 3 aliphatic heterocycles. The molecule has 1 N–H and O–H groups in total. The molecule has 3 unspecified atom stereocenters. The Morgan fingerprint density at radius 1 is 1.14 bits per heavy atom. The number of benzene rings is 1. The number of ether oxygens (including phenoxy) is 1. The number of fused-ring (bicyclic) bond motifs is 1. The van der Waals surface area contributed by atoms with Crippen molar-refractivity contribution in [3.63, 3.8) is 0 Å². The van der Waals surface area contributed by atoms with Crippen LogP contribution in [0.1, 0.15) is 45.4 Å². The smallest absolute Gasteiger partial charge is 0.247 e. The van der Waals surface area contributed by atoms with Crippen molar-refractivity contribution in [2.45, 2.75) is 72.4 Å². The second-order valence-corrected chi connectivity index (χ2v) is 14.4. The maximum atomic E-state index is 14.6. The molecule has 5 rings (SSSR count). The summed E-state index contributed by atoms with van der Waals surface area (Å²) in [5, 5.41) is 9.86. The Morgan fingerprint density at radius 3 is 2.45 bits per heavy atom. The maximum Gasteiger partial charge on any atom is 0.247 e. The number of aliphatic hydroxyl groups excluding tert-OH is 1. The summed E-state index contributed by atoms with van der Waals surface area (Å²) in [6.45, 7) is 10.8. The Labute approximate surface area is 261 Å². The predicted molar refractivity (Wildman–Crippen MR) is 170 cm³/mol. The molecule has 10 heteroatoms. The zero-order chi connectivity index (χ0) is 30.0. The first-order chi connectivity index (χ1) is 20.3. The molecule has 4 fully saturated rings. The molecule has 2 bridgehead atoms. The Bertz CT molecular complexity index is 1190. The Hall–Kier alpha value is -2.30. The molecule has 1 spiro atoms. The summed E-state index contributed by atoms with van der Waals surface area (Å²) < 4.78 is 4.83. The fraction of sp³-hybridized carbons (Fsp3) is 0.594. The first-order valence-electron chi connectivity index (χ1n) is 15.1. The summed E-state index contributed by atoms with van der Waals surface area (Å²) in [6.07, 6.45) is 9.25. The van der Waals surface area contributed by atoms with Crippen LogP contribution < -0.4 is 9.64 Å². The molecule has 42 heavy (non-hydrogen) atoms. The van der Waals surface area contributed by atoms with Crippen molar-refractivity contribution in [1.29, 1.82) is 0 Å². The quantitative estimate of drug-likeness (QED) is 0.264. The third-order valence-corrected chi connectivity index (χ3v) is 12.5. The number of thioether (sulfide) groups is 1. The van der Waals surface area contributed by atoms with Crippen molar-refractivity contribution >= 4 is 51.1 Å². The van der Waals surface area contributed by atoms with Crippen LogP contribution in [0.15, 0.2) is 49.6 Å². The van der Waals surface area contributed by atoms with E-state index in [2.05, 4.69) is 29.1 Å². The van der Waals surface area contributed by atoms with E-state index in [1.165, 1.54) is 6.42 Å². The minimum absolute atomic E-state index is 0.0293. The van der Waals surface area contributed by atoms with Gasteiger partial charge in [-0.3, -0.25) is 14.4 Å². The molecule has 1 saturated carbocycles. The van der Waals surface area contributed by atoms with Gasteiger partial charge >= 0.3 is 0 Å². The number of aliphatic hydroxyl groups is 1. The van der Waals surface area contributed by atoms with Crippen molar-refractivity contribution in [3.8, 4) is 5.75 Å². The molecule has 1 aromatic rings. The van der Waals surface area contributed by atoms with Crippen LogP contribution >= 0.6 is 27.7 Å². The van der Waals surface area contributed by atoms with E-state index in [-0.39, 0.29) is 47.0 Å². The van der Waals surface area contributed by atoms with Gasteiger partial charge in [0.2, 0.25) is 17.7 Å². The molecule has 3 amide bonds. The van der Waals surface area contributed by atoms with Crippen LogP contribution in [0.4, 0.5) is 5.69 Å². The molecule has 8 nitrogen and oxygen atoms in total. The summed E-state index contributed by atoms with van der Waals surface area (Å²) in [5.74, 6) is -0.983. The van der Waals surface area contributed by atoms with Crippen LogP contribution in [0.2, 0.25) is 0 Å². The summed E-state index contributed by atoms with van der Waals surface area (Å²) in [4.78, 5) is 48.5. The van der Waals surface area contributed by atoms with Crippen LogP contribution in [0.5, 0.6) is 5.75 Å². The maximum absolute atomic E-state index is 14.6. The van der Waals surface area contributed by atoms with Crippen molar-refractivity contribution in [2.75, 3.05) is 37.7 Å². The fourth-order valence-electron chi connectivity index (χ4n) is 7.67. The number of β-amino-alcohol motifs (C(OH)–C–C–N with tert-alkyl or cyclic N) is 1. The SMILES string of the molecule is C=CCN(C(=O)[C@H]1[C@@H]2SC3(CC2Br)C(C(=O)N(CC=C)C2CCCCC2)N(CCO)C(=O)[C@H]13)c1ccc(OCC)cc1. The largest absolute Gasteiger partial charge is 0.494 e. The first kappa shape index (κ1) is 31.1. The Morgan fingerprint density at radius 2 is 1.83 bits per heavy atom. The van der Waals surface area contributed by atoms with Crippen LogP contribution in [0.25, 0.3) is 0 Å². The highest BCUT2D eigenvalue weighted by molar-refractivity contribution is 9.09. The lowest BCUT2D eigenvalue weighted by molar-refractivity contribution is -0.144. The van der Waals surface area contributed by atoms with Crippen LogP contribution in [-0.4, -0.2) is 92.4 Å². The molecule has 3 saturated heterocycles. The van der Waals surface area contributed by atoms with Crippen LogP contribution in [0, 0.1) is 11.8 Å². The topological polar surface area (TPSA) is 90.4 Å². The van der Waals surface area contributed by atoms with Gasteiger partial charge in [-0.2, -0.15) is 0 Å². The predicted octanol–water partition coefficient (Wildman–Crippen LogP) is 4.41. The molecule has 0 aromatic heterocycles. The number of halogens is 1. The van der Waals surface area contributed by atoms with Gasteiger partial charge in [0, 0.05) is 41.4 Å². The molecular formula is C32H42BrN3O5S. The van der Waals surface area contributed by atoms with E-state index in [1.54, 1.807) is 33.7 Å². The molecule has 228 valence electrons. The molecule has 1 aliphatic carbocycles. The van der Waals surface area contributed by atoms with Crippen molar-refractivity contribution < 1.29 is 24.2 Å². The third kappa shape index (κ3) is 5.32. The summed E-state index contributed by atoms with van der Waals surface area (Å²) in [7, 11) is 0. The summed E-state index contributed by atoms with van der Waals surface area (Å²) >= 11 is 5.49. The van der Waals surface area contributed by atoms with Gasteiger partial charge in [0.25, 0.3) is 0 Å². The lowest BCUT2D eigenvalue weighted by Gasteiger charge is -2.41. The number of carbonyl (C=O) groups excluding carboxylic acids is 3. The summed E-state index contributed by atoms with van der Waals surface area (Å²) in [5.41, 5.74) is 0.705. The van der Waals surface area contributed by atoms with Gasteiger partial charge in [0.05, 0.1) is 29.8 Å². The lowest BCUT2D eigenvalue weighted by Crippen LogP contribution is -2.58. The fourth-order valence-corrected chi connectivity index (χ4v) is 11.3. The molecule has 6 atom stereocenters. The van der Waals surface area contributed by atoms with Crippen LogP contribution in [-0.2, 0) is 14.4 Å². The van der Waals surface area contributed by atoms with Gasteiger partial charge in [0.1, 0.15) is 11.8 Å². The van der Waals surface area contributed by atoms with Gasteiger partial charge < -0.3 is 24.5 Å². The molecule has 4 aliphatic rings. The minimum Gasteiger partial charge on any atom is -0.494 e. The molecule has 1 aromatic carbocycles. The number of carbonyl (C=O) groups is 3. The van der Waals surface area contributed by atoms with Crippen molar-refractivity contribution in [2.24, 2.45) is 11.8 Å². The monoisotopic (exact) mass is 659 g/mol. The second kappa shape index (κ2) is 13.1. The highest BCUT2D eigenvalue weighted by atomic mass is 79.9. The number of likely N-dealkylation sites (tertiary alicyclic amines) is 1. The number of anilines is 1. The van der Waals surface area contributed by atoms with E-state index in [4.69, 9.17) is 4.74 Å². The number of nitrogens with zero attached hydrogens (tertiary/aromatic N) is 3. The van der Waals surface area contributed by atoms with Gasteiger partial charge in [0.15, 0.2) is 0 Å².